The molecule has 0 aliphatic rings. The van der Waals surface area contributed by atoms with E-state index in [0.717, 1.165) is 18.6 Å². The minimum Gasteiger partial charge on any atom is -0.469 e. The number of hydrogen-bond donors (Lipinski definition) is 2. The molecule has 1 aromatic carbocycles. The molecule has 0 aliphatic heterocycles. The van der Waals surface area contributed by atoms with E-state index in [-0.39, 0.29) is 16.8 Å². The molecule has 1 atom stereocenters. The fraction of sp³-hybridized carbons (Fsp3) is 0.267. The molecule has 2 rings (SSSR count). The first-order valence-corrected chi connectivity index (χ1v) is 6.85. The molecule has 106 valence electrons. The van der Waals surface area contributed by atoms with E-state index in [4.69, 9.17) is 22.4 Å². The lowest BCUT2D eigenvalue weighted by Gasteiger charge is -2.15. The summed E-state index contributed by atoms with van der Waals surface area (Å²) < 4.78 is 19.2. The summed E-state index contributed by atoms with van der Waals surface area (Å²) in [6.45, 7) is 2.00. The van der Waals surface area contributed by atoms with Crippen molar-refractivity contribution in [3.05, 3.63) is 53.7 Å². The van der Waals surface area contributed by atoms with Crippen LogP contribution in [0.5, 0.6) is 0 Å². The molecule has 0 bridgehead atoms. The number of benzene rings is 1. The second kappa shape index (κ2) is 6.52. The normalized spacial score (nSPS) is 12.1. The predicted molar refractivity (Wildman–Crippen MR) is 82.4 cm³/mol. The molecule has 1 unspecified atom stereocenters. The van der Waals surface area contributed by atoms with Crippen LogP contribution >= 0.6 is 12.2 Å². The Bertz CT molecular complexity index is 584. The van der Waals surface area contributed by atoms with Gasteiger partial charge in [0.1, 0.15) is 16.6 Å². The standard InChI is InChI=1S/C15H17FN2OS/c1-10(4-6-12-3-2-8-19-12)18-14-7-5-11(15(17)20)9-13(14)16/h2-3,5,7-10,18H,4,6H2,1H3,(H2,17,20). The van der Waals surface area contributed by atoms with E-state index in [1.165, 1.54) is 6.07 Å². The molecule has 1 heterocycles. The van der Waals surface area contributed by atoms with Crippen LogP contribution in [0.4, 0.5) is 10.1 Å². The average molecular weight is 292 g/mol. The summed E-state index contributed by atoms with van der Waals surface area (Å²) in [5.41, 5.74) is 6.46. The third kappa shape index (κ3) is 3.81. The number of thiocarbonyl (C=S) groups is 1. The Labute approximate surface area is 123 Å². The highest BCUT2D eigenvalue weighted by Gasteiger charge is 2.09. The smallest absolute Gasteiger partial charge is 0.146 e. The van der Waals surface area contributed by atoms with Crippen LogP contribution in [0.1, 0.15) is 24.7 Å². The molecule has 0 saturated heterocycles. The summed E-state index contributed by atoms with van der Waals surface area (Å²) in [5, 5.41) is 3.14. The van der Waals surface area contributed by atoms with Gasteiger partial charge in [-0.05, 0) is 43.7 Å². The molecule has 1 aromatic heterocycles. The fourth-order valence-electron chi connectivity index (χ4n) is 1.94. The highest BCUT2D eigenvalue weighted by Crippen LogP contribution is 2.18. The highest BCUT2D eigenvalue weighted by molar-refractivity contribution is 7.80. The van der Waals surface area contributed by atoms with Crippen molar-refractivity contribution in [2.75, 3.05) is 5.32 Å². The Balaban J connectivity index is 1.93. The van der Waals surface area contributed by atoms with Gasteiger partial charge in [0.25, 0.3) is 0 Å². The van der Waals surface area contributed by atoms with Crippen molar-refractivity contribution in [2.24, 2.45) is 5.73 Å². The summed E-state index contributed by atoms with van der Waals surface area (Å²) in [6, 6.07) is 8.65. The van der Waals surface area contributed by atoms with Gasteiger partial charge < -0.3 is 15.5 Å². The second-order valence-corrected chi connectivity index (χ2v) is 5.16. The van der Waals surface area contributed by atoms with Crippen LogP contribution in [0, 0.1) is 5.82 Å². The van der Waals surface area contributed by atoms with Crippen LogP contribution < -0.4 is 11.1 Å². The van der Waals surface area contributed by atoms with Crippen molar-refractivity contribution in [1.29, 1.82) is 0 Å². The van der Waals surface area contributed by atoms with Crippen molar-refractivity contribution >= 4 is 22.9 Å². The average Bonchev–Trinajstić information content (AvgIpc) is 2.91. The lowest BCUT2D eigenvalue weighted by atomic mass is 10.1. The molecule has 0 aliphatic carbocycles. The predicted octanol–water partition coefficient (Wildman–Crippen LogP) is 3.49. The molecular formula is C15H17FN2OS. The van der Waals surface area contributed by atoms with Crippen LogP contribution in [0.2, 0.25) is 0 Å². The molecule has 5 heteroatoms. The van der Waals surface area contributed by atoms with E-state index in [9.17, 15) is 4.39 Å². The van der Waals surface area contributed by atoms with Crippen molar-refractivity contribution in [1.82, 2.24) is 0 Å². The Morgan fingerprint density at radius 2 is 2.25 bits per heavy atom. The molecule has 3 N–H and O–H groups in total. The largest absolute Gasteiger partial charge is 0.469 e. The molecule has 3 nitrogen and oxygen atoms in total. The number of aryl methyl sites for hydroxylation is 1. The van der Waals surface area contributed by atoms with Gasteiger partial charge in [-0.25, -0.2) is 4.39 Å². The lowest BCUT2D eigenvalue weighted by molar-refractivity contribution is 0.494. The van der Waals surface area contributed by atoms with Gasteiger partial charge in [-0.3, -0.25) is 0 Å². The first-order valence-electron chi connectivity index (χ1n) is 6.44. The summed E-state index contributed by atoms with van der Waals surface area (Å²) in [4.78, 5) is 0.196. The zero-order valence-corrected chi connectivity index (χ0v) is 12.0. The number of nitrogens with one attached hydrogen (secondary N) is 1. The van der Waals surface area contributed by atoms with E-state index in [1.54, 1.807) is 18.4 Å². The number of halogens is 1. The van der Waals surface area contributed by atoms with Crippen LogP contribution in [0.3, 0.4) is 0 Å². The first kappa shape index (κ1) is 14.5. The number of anilines is 1. The highest BCUT2D eigenvalue weighted by atomic mass is 32.1. The minimum atomic E-state index is -0.347. The van der Waals surface area contributed by atoms with Gasteiger partial charge in [0.2, 0.25) is 0 Å². The fourth-order valence-corrected chi connectivity index (χ4v) is 2.06. The quantitative estimate of drug-likeness (QED) is 0.800. The third-order valence-corrected chi connectivity index (χ3v) is 3.30. The van der Waals surface area contributed by atoms with Gasteiger partial charge in [-0.2, -0.15) is 0 Å². The molecule has 0 amide bonds. The van der Waals surface area contributed by atoms with Crippen LogP contribution in [-0.2, 0) is 6.42 Å². The van der Waals surface area contributed by atoms with E-state index in [1.807, 2.05) is 19.1 Å². The van der Waals surface area contributed by atoms with Gasteiger partial charge >= 0.3 is 0 Å². The zero-order valence-electron chi connectivity index (χ0n) is 11.2. The van der Waals surface area contributed by atoms with Crippen LogP contribution in [0.15, 0.2) is 41.0 Å². The van der Waals surface area contributed by atoms with Crippen molar-refractivity contribution in [2.45, 2.75) is 25.8 Å². The number of nitrogens with two attached hydrogens (primary N) is 1. The lowest BCUT2D eigenvalue weighted by Crippen LogP contribution is -2.17. The number of rotatable bonds is 6. The Hall–Kier alpha value is -1.88. The van der Waals surface area contributed by atoms with Gasteiger partial charge in [0, 0.05) is 18.0 Å². The zero-order chi connectivity index (χ0) is 14.5. The van der Waals surface area contributed by atoms with Crippen molar-refractivity contribution < 1.29 is 8.81 Å². The Morgan fingerprint density at radius 3 is 2.85 bits per heavy atom. The summed E-state index contributed by atoms with van der Waals surface area (Å²) >= 11 is 4.82. The second-order valence-electron chi connectivity index (χ2n) is 4.72. The van der Waals surface area contributed by atoms with E-state index in [2.05, 4.69) is 5.32 Å². The first-order chi connectivity index (χ1) is 9.56. The maximum Gasteiger partial charge on any atom is 0.146 e. The maximum absolute atomic E-state index is 13.9. The van der Waals surface area contributed by atoms with E-state index < -0.39 is 0 Å². The van der Waals surface area contributed by atoms with Gasteiger partial charge in [-0.1, -0.05) is 12.2 Å². The van der Waals surface area contributed by atoms with E-state index in [0.29, 0.717) is 11.3 Å². The molecule has 0 radical (unpaired) electrons. The molecule has 2 aromatic rings. The molecule has 0 fully saturated rings. The summed E-state index contributed by atoms with van der Waals surface area (Å²) in [5.74, 6) is 0.586. The topological polar surface area (TPSA) is 51.2 Å². The maximum atomic E-state index is 13.9. The van der Waals surface area contributed by atoms with Gasteiger partial charge in [-0.15, -0.1) is 0 Å². The van der Waals surface area contributed by atoms with Crippen LogP contribution in [-0.4, -0.2) is 11.0 Å². The van der Waals surface area contributed by atoms with Crippen LogP contribution in [0.25, 0.3) is 0 Å². The summed E-state index contributed by atoms with van der Waals surface area (Å²) in [6.07, 6.45) is 3.32. The minimum absolute atomic E-state index is 0.130. The van der Waals surface area contributed by atoms with Gasteiger partial charge in [0.15, 0.2) is 0 Å². The third-order valence-electron chi connectivity index (χ3n) is 3.06. The SMILES string of the molecule is CC(CCc1ccco1)Nc1ccc(C(N)=S)cc1F. The van der Waals surface area contributed by atoms with Gasteiger partial charge in [0.05, 0.1) is 12.0 Å². The van der Waals surface area contributed by atoms with Crippen molar-refractivity contribution in [3.63, 3.8) is 0 Å². The molecule has 0 spiro atoms. The summed E-state index contributed by atoms with van der Waals surface area (Å²) in [7, 11) is 0. The molecule has 20 heavy (non-hydrogen) atoms. The molecule has 0 saturated carbocycles. The number of furan rings is 1. The monoisotopic (exact) mass is 292 g/mol. The van der Waals surface area contributed by atoms with Crippen molar-refractivity contribution in [3.8, 4) is 0 Å². The molecular weight excluding hydrogens is 275 g/mol. The van der Waals surface area contributed by atoms with E-state index >= 15 is 0 Å². The number of hydrogen-bond acceptors (Lipinski definition) is 3. The Morgan fingerprint density at radius 1 is 1.45 bits per heavy atom. The Kier molecular flexibility index (Phi) is 4.74.